The Kier molecular flexibility index (Phi) is 3.78. The van der Waals surface area contributed by atoms with E-state index in [4.69, 9.17) is 4.74 Å². The second kappa shape index (κ2) is 5.81. The highest BCUT2D eigenvalue weighted by molar-refractivity contribution is 5.96. The molecule has 5 rings (SSSR count). The molecule has 124 valence electrons. The molecular weight excluding hydrogens is 288 g/mol. The summed E-state index contributed by atoms with van der Waals surface area (Å²) in [6.07, 6.45) is 8.40. The Hall–Kier alpha value is -1.58. The van der Waals surface area contributed by atoms with Gasteiger partial charge in [-0.2, -0.15) is 0 Å². The number of rotatable bonds is 4. The average Bonchev–Trinajstić information content (AvgIpc) is 2.54. The van der Waals surface area contributed by atoms with Gasteiger partial charge < -0.3 is 9.64 Å². The second-order valence-electron chi connectivity index (χ2n) is 7.63. The molecule has 4 fully saturated rings. The summed E-state index contributed by atoms with van der Waals surface area (Å²) < 4.78 is 5.56. The Balaban J connectivity index is 1.57. The van der Waals surface area contributed by atoms with E-state index in [1.54, 1.807) is 6.20 Å². The van der Waals surface area contributed by atoms with E-state index in [-0.39, 0.29) is 5.91 Å². The first-order valence-corrected chi connectivity index (χ1v) is 9.02. The zero-order valence-electron chi connectivity index (χ0n) is 14.1. The van der Waals surface area contributed by atoms with Crippen LogP contribution >= 0.6 is 0 Å². The zero-order chi connectivity index (χ0) is 16.0. The van der Waals surface area contributed by atoms with E-state index >= 15 is 0 Å². The van der Waals surface area contributed by atoms with Crippen LogP contribution in [0.2, 0.25) is 0 Å². The third-order valence-electron chi connectivity index (χ3n) is 6.23. The molecule has 0 aliphatic heterocycles. The van der Waals surface area contributed by atoms with Crippen molar-refractivity contribution in [2.75, 3.05) is 13.7 Å². The molecule has 4 nitrogen and oxygen atoms in total. The largest absolute Gasteiger partial charge is 0.477 e. The maximum Gasteiger partial charge on any atom is 0.259 e. The van der Waals surface area contributed by atoms with Crippen LogP contribution in [0.15, 0.2) is 18.3 Å². The van der Waals surface area contributed by atoms with Crippen LogP contribution in [0.25, 0.3) is 0 Å². The molecule has 0 spiro atoms. The molecule has 1 aromatic heterocycles. The number of carbonyl (C=O) groups is 1. The van der Waals surface area contributed by atoms with E-state index in [9.17, 15) is 4.79 Å². The lowest BCUT2D eigenvalue weighted by Gasteiger charge is -2.56. The van der Waals surface area contributed by atoms with Crippen LogP contribution in [0, 0.1) is 23.7 Å². The molecule has 4 aliphatic carbocycles. The van der Waals surface area contributed by atoms with Gasteiger partial charge in [-0.05, 0) is 74.8 Å². The number of ether oxygens (including phenoxy) is 1. The highest BCUT2D eigenvalue weighted by Crippen LogP contribution is 2.55. The lowest BCUT2D eigenvalue weighted by atomic mass is 9.54. The van der Waals surface area contributed by atoms with Crippen LogP contribution in [-0.4, -0.2) is 35.5 Å². The summed E-state index contributed by atoms with van der Waals surface area (Å²) in [6.45, 7) is 2.45. The van der Waals surface area contributed by atoms with Gasteiger partial charge in [-0.15, -0.1) is 0 Å². The first-order valence-electron chi connectivity index (χ1n) is 9.02. The van der Waals surface area contributed by atoms with Crippen molar-refractivity contribution in [3.8, 4) is 5.88 Å². The Morgan fingerprint density at radius 2 is 1.87 bits per heavy atom. The quantitative estimate of drug-likeness (QED) is 0.855. The summed E-state index contributed by atoms with van der Waals surface area (Å²) in [5.74, 6) is 3.79. The highest BCUT2D eigenvalue weighted by atomic mass is 16.5. The highest BCUT2D eigenvalue weighted by Gasteiger charge is 2.50. The predicted octanol–water partition coefficient (Wildman–Crippen LogP) is 3.38. The molecular formula is C19H26N2O2. The summed E-state index contributed by atoms with van der Waals surface area (Å²) in [4.78, 5) is 19.3. The van der Waals surface area contributed by atoms with Crippen LogP contribution in [0.4, 0.5) is 0 Å². The normalized spacial score (nSPS) is 34.4. The van der Waals surface area contributed by atoms with E-state index in [1.165, 1.54) is 32.1 Å². The molecule has 0 N–H and O–H groups in total. The maximum absolute atomic E-state index is 13.1. The van der Waals surface area contributed by atoms with Crippen molar-refractivity contribution in [1.29, 1.82) is 0 Å². The lowest BCUT2D eigenvalue weighted by molar-refractivity contribution is -0.0491. The summed E-state index contributed by atoms with van der Waals surface area (Å²) >= 11 is 0. The van der Waals surface area contributed by atoms with E-state index in [0.717, 1.165) is 11.8 Å². The summed E-state index contributed by atoms with van der Waals surface area (Å²) in [5, 5.41) is 0. The third kappa shape index (κ3) is 2.52. The molecule has 4 aliphatic rings. The number of amides is 1. The van der Waals surface area contributed by atoms with Gasteiger partial charge in [0.1, 0.15) is 5.56 Å². The molecule has 0 saturated heterocycles. The Morgan fingerprint density at radius 3 is 2.48 bits per heavy atom. The fourth-order valence-electron chi connectivity index (χ4n) is 5.66. The van der Waals surface area contributed by atoms with Crippen LogP contribution in [0.1, 0.15) is 49.4 Å². The zero-order valence-corrected chi connectivity index (χ0v) is 14.1. The van der Waals surface area contributed by atoms with Crippen molar-refractivity contribution in [2.24, 2.45) is 23.7 Å². The number of hydrogen-bond donors (Lipinski definition) is 0. The van der Waals surface area contributed by atoms with E-state index in [1.807, 2.05) is 31.0 Å². The van der Waals surface area contributed by atoms with Crippen molar-refractivity contribution in [1.82, 2.24) is 9.88 Å². The minimum atomic E-state index is 0.0685. The van der Waals surface area contributed by atoms with Gasteiger partial charge in [0.2, 0.25) is 5.88 Å². The number of hydrogen-bond acceptors (Lipinski definition) is 3. The van der Waals surface area contributed by atoms with Crippen LogP contribution < -0.4 is 4.74 Å². The predicted molar refractivity (Wildman–Crippen MR) is 88.3 cm³/mol. The molecule has 0 atom stereocenters. The molecule has 1 aromatic rings. The summed E-state index contributed by atoms with van der Waals surface area (Å²) in [7, 11) is 1.98. The van der Waals surface area contributed by atoms with Gasteiger partial charge in [0.05, 0.1) is 6.61 Å². The second-order valence-corrected chi connectivity index (χ2v) is 7.63. The third-order valence-corrected chi connectivity index (χ3v) is 6.23. The van der Waals surface area contributed by atoms with Gasteiger partial charge in [-0.1, -0.05) is 0 Å². The van der Waals surface area contributed by atoms with Crippen LogP contribution in [0.3, 0.4) is 0 Å². The Morgan fingerprint density at radius 1 is 1.22 bits per heavy atom. The standard InChI is InChI=1S/C19H26N2O2/c1-3-23-18-16(5-4-6-20-18)19(22)21(2)17-14-8-12-7-13(10-14)11-15(17)9-12/h4-6,12-15,17H,3,7-11H2,1-2H3. The summed E-state index contributed by atoms with van der Waals surface area (Å²) in [6, 6.07) is 4.07. The van der Waals surface area contributed by atoms with E-state index < -0.39 is 0 Å². The topological polar surface area (TPSA) is 42.4 Å². The molecule has 23 heavy (non-hydrogen) atoms. The van der Waals surface area contributed by atoms with Crippen molar-refractivity contribution >= 4 is 5.91 Å². The van der Waals surface area contributed by atoms with Crippen molar-refractivity contribution in [3.05, 3.63) is 23.9 Å². The molecule has 1 amide bonds. The monoisotopic (exact) mass is 314 g/mol. The van der Waals surface area contributed by atoms with Gasteiger partial charge in [0.15, 0.2) is 0 Å². The fourth-order valence-corrected chi connectivity index (χ4v) is 5.66. The summed E-state index contributed by atoms with van der Waals surface area (Å²) in [5.41, 5.74) is 0.602. The lowest BCUT2D eigenvalue weighted by Crippen LogP contribution is -2.56. The number of carbonyl (C=O) groups excluding carboxylic acids is 1. The first-order chi connectivity index (χ1) is 11.2. The van der Waals surface area contributed by atoms with Gasteiger partial charge >= 0.3 is 0 Å². The van der Waals surface area contributed by atoms with Crippen molar-refractivity contribution < 1.29 is 9.53 Å². The molecule has 4 saturated carbocycles. The molecule has 0 radical (unpaired) electrons. The van der Waals surface area contributed by atoms with E-state index in [2.05, 4.69) is 4.98 Å². The van der Waals surface area contributed by atoms with Gasteiger partial charge in [0, 0.05) is 19.3 Å². The number of pyridine rings is 1. The van der Waals surface area contributed by atoms with Gasteiger partial charge in [-0.3, -0.25) is 4.79 Å². The minimum Gasteiger partial charge on any atom is -0.477 e. The smallest absolute Gasteiger partial charge is 0.259 e. The van der Waals surface area contributed by atoms with Crippen LogP contribution in [0.5, 0.6) is 5.88 Å². The number of aromatic nitrogens is 1. The number of nitrogens with zero attached hydrogens (tertiary/aromatic N) is 2. The molecule has 0 unspecified atom stereocenters. The Bertz CT molecular complexity index is 573. The molecule has 4 heteroatoms. The maximum atomic E-state index is 13.1. The average molecular weight is 314 g/mol. The molecule has 4 bridgehead atoms. The van der Waals surface area contributed by atoms with Gasteiger partial charge in [-0.25, -0.2) is 4.98 Å². The Labute approximate surface area is 138 Å². The fraction of sp³-hybridized carbons (Fsp3) is 0.684. The van der Waals surface area contributed by atoms with E-state index in [0.29, 0.717) is 35.9 Å². The van der Waals surface area contributed by atoms with Crippen molar-refractivity contribution in [3.63, 3.8) is 0 Å². The SMILES string of the molecule is CCOc1ncccc1C(=O)N(C)C1C2CC3CC(C2)CC1C3. The van der Waals surface area contributed by atoms with Gasteiger partial charge in [0.25, 0.3) is 5.91 Å². The molecule has 0 aromatic carbocycles. The van der Waals surface area contributed by atoms with Crippen molar-refractivity contribution in [2.45, 2.75) is 45.1 Å². The first kappa shape index (κ1) is 15.0. The minimum absolute atomic E-state index is 0.0685. The van der Waals surface area contributed by atoms with Crippen LogP contribution in [-0.2, 0) is 0 Å². The molecule has 1 heterocycles.